The highest BCUT2D eigenvalue weighted by molar-refractivity contribution is 9.10. The molecule has 1 aromatic carbocycles. The topological polar surface area (TPSA) is 12.0 Å². The SMILES string of the molecule is CNC(Cc1cc(F)cc(Br)c1)CC(C)(C)C. The Kier molecular flexibility index (Phi) is 5.14. The van der Waals surface area contributed by atoms with E-state index in [0.29, 0.717) is 6.04 Å². The summed E-state index contributed by atoms with van der Waals surface area (Å²) in [6.45, 7) is 6.66. The minimum Gasteiger partial charge on any atom is -0.317 e. The van der Waals surface area contributed by atoms with Gasteiger partial charge in [0, 0.05) is 10.5 Å². The van der Waals surface area contributed by atoms with Crippen LogP contribution in [-0.2, 0) is 6.42 Å². The molecule has 1 nitrogen and oxygen atoms in total. The summed E-state index contributed by atoms with van der Waals surface area (Å²) in [4.78, 5) is 0. The second kappa shape index (κ2) is 5.96. The highest BCUT2D eigenvalue weighted by Crippen LogP contribution is 2.23. The van der Waals surface area contributed by atoms with Gasteiger partial charge in [-0.3, -0.25) is 0 Å². The van der Waals surface area contributed by atoms with E-state index in [1.54, 1.807) is 6.07 Å². The van der Waals surface area contributed by atoms with Crippen LogP contribution in [-0.4, -0.2) is 13.1 Å². The first kappa shape index (κ1) is 14.7. The van der Waals surface area contributed by atoms with Crippen molar-refractivity contribution in [2.45, 2.75) is 39.7 Å². The average molecular weight is 302 g/mol. The summed E-state index contributed by atoms with van der Waals surface area (Å²) in [5, 5.41) is 3.31. The summed E-state index contributed by atoms with van der Waals surface area (Å²) in [6.07, 6.45) is 1.92. The van der Waals surface area contributed by atoms with Crippen LogP contribution >= 0.6 is 15.9 Å². The van der Waals surface area contributed by atoms with E-state index >= 15 is 0 Å². The van der Waals surface area contributed by atoms with Crippen LogP contribution in [0.25, 0.3) is 0 Å². The Morgan fingerprint density at radius 1 is 1.29 bits per heavy atom. The van der Waals surface area contributed by atoms with Gasteiger partial charge in [0.2, 0.25) is 0 Å². The van der Waals surface area contributed by atoms with E-state index < -0.39 is 0 Å². The van der Waals surface area contributed by atoms with Crippen molar-refractivity contribution < 1.29 is 4.39 Å². The molecule has 0 fully saturated rings. The van der Waals surface area contributed by atoms with Crippen molar-refractivity contribution in [1.29, 1.82) is 0 Å². The van der Waals surface area contributed by atoms with Crippen LogP contribution in [0.1, 0.15) is 32.8 Å². The largest absolute Gasteiger partial charge is 0.317 e. The maximum atomic E-state index is 13.3. The standard InChI is InChI=1S/C14H21BrFN/c1-14(2,3)9-13(17-4)7-10-5-11(15)8-12(16)6-10/h5-6,8,13,17H,7,9H2,1-4H3. The Balaban J connectivity index is 2.73. The molecule has 3 heteroatoms. The Bertz CT molecular complexity index is 351. The van der Waals surface area contributed by atoms with E-state index in [4.69, 9.17) is 0 Å². The van der Waals surface area contributed by atoms with Crippen LogP contribution in [0.2, 0.25) is 0 Å². The van der Waals surface area contributed by atoms with Crippen molar-refractivity contribution in [2.24, 2.45) is 5.41 Å². The van der Waals surface area contributed by atoms with Gasteiger partial charge in [0.25, 0.3) is 0 Å². The number of hydrogen-bond acceptors (Lipinski definition) is 1. The van der Waals surface area contributed by atoms with Crippen LogP contribution in [0.4, 0.5) is 4.39 Å². The third-order valence-electron chi connectivity index (χ3n) is 2.67. The molecule has 1 unspecified atom stereocenters. The maximum absolute atomic E-state index is 13.3. The molecule has 0 aliphatic carbocycles. The van der Waals surface area contributed by atoms with Gasteiger partial charge in [-0.05, 0) is 49.1 Å². The van der Waals surface area contributed by atoms with Crippen molar-refractivity contribution in [3.05, 3.63) is 34.1 Å². The van der Waals surface area contributed by atoms with Crippen LogP contribution in [0, 0.1) is 11.2 Å². The van der Waals surface area contributed by atoms with Gasteiger partial charge in [-0.25, -0.2) is 4.39 Å². The molecule has 0 heterocycles. The molecular weight excluding hydrogens is 281 g/mol. The van der Waals surface area contributed by atoms with Gasteiger partial charge >= 0.3 is 0 Å². The molecule has 1 N–H and O–H groups in total. The molecule has 0 aliphatic rings. The molecule has 0 bridgehead atoms. The minimum absolute atomic E-state index is 0.181. The minimum atomic E-state index is -0.181. The summed E-state index contributed by atoms with van der Waals surface area (Å²) in [5.41, 5.74) is 1.30. The Morgan fingerprint density at radius 3 is 2.41 bits per heavy atom. The zero-order valence-corrected chi connectivity index (χ0v) is 12.6. The molecule has 0 radical (unpaired) electrons. The lowest BCUT2D eigenvalue weighted by molar-refractivity contribution is 0.315. The molecule has 17 heavy (non-hydrogen) atoms. The van der Waals surface area contributed by atoms with Crippen LogP contribution < -0.4 is 5.32 Å². The predicted octanol–water partition coefficient (Wildman–Crippen LogP) is 4.15. The van der Waals surface area contributed by atoms with Gasteiger partial charge in [-0.1, -0.05) is 36.7 Å². The lowest BCUT2D eigenvalue weighted by Gasteiger charge is -2.25. The van der Waals surface area contributed by atoms with Gasteiger partial charge in [-0.2, -0.15) is 0 Å². The third-order valence-corrected chi connectivity index (χ3v) is 3.13. The first-order valence-corrected chi connectivity index (χ1v) is 6.72. The first-order chi connectivity index (χ1) is 7.80. The molecule has 0 saturated carbocycles. The van der Waals surface area contributed by atoms with Crippen LogP contribution in [0.15, 0.2) is 22.7 Å². The van der Waals surface area contributed by atoms with E-state index in [-0.39, 0.29) is 11.2 Å². The summed E-state index contributed by atoms with van der Waals surface area (Å²) >= 11 is 3.33. The predicted molar refractivity (Wildman–Crippen MR) is 74.7 cm³/mol. The Hall–Kier alpha value is -0.410. The van der Waals surface area contributed by atoms with Gasteiger partial charge in [0.05, 0.1) is 0 Å². The van der Waals surface area contributed by atoms with Crippen molar-refractivity contribution in [2.75, 3.05) is 7.05 Å². The molecule has 0 spiro atoms. The number of hydrogen-bond donors (Lipinski definition) is 1. The molecular formula is C14H21BrFN. The zero-order chi connectivity index (χ0) is 13.1. The van der Waals surface area contributed by atoms with E-state index in [1.165, 1.54) is 6.07 Å². The fraction of sp³-hybridized carbons (Fsp3) is 0.571. The molecule has 0 aromatic heterocycles. The van der Waals surface area contributed by atoms with E-state index in [2.05, 4.69) is 42.0 Å². The second-order valence-electron chi connectivity index (χ2n) is 5.73. The summed E-state index contributed by atoms with van der Waals surface area (Å²) in [7, 11) is 1.96. The zero-order valence-electron chi connectivity index (χ0n) is 11.0. The van der Waals surface area contributed by atoms with Gasteiger partial charge in [0.15, 0.2) is 0 Å². The molecule has 1 atom stereocenters. The highest BCUT2D eigenvalue weighted by atomic mass is 79.9. The first-order valence-electron chi connectivity index (χ1n) is 5.92. The lowest BCUT2D eigenvalue weighted by Crippen LogP contribution is -2.32. The monoisotopic (exact) mass is 301 g/mol. The lowest BCUT2D eigenvalue weighted by atomic mass is 9.86. The van der Waals surface area contributed by atoms with Gasteiger partial charge in [-0.15, -0.1) is 0 Å². The third kappa shape index (κ3) is 5.64. The van der Waals surface area contributed by atoms with Crippen molar-refractivity contribution in [1.82, 2.24) is 5.32 Å². The number of rotatable bonds is 4. The molecule has 0 saturated heterocycles. The van der Waals surface area contributed by atoms with Gasteiger partial charge in [0.1, 0.15) is 5.82 Å². The van der Waals surface area contributed by atoms with Crippen molar-refractivity contribution in [3.8, 4) is 0 Å². The molecule has 1 rings (SSSR count). The number of halogens is 2. The van der Waals surface area contributed by atoms with E-state index in [9.17, 15) is 4.39 Å². The van der Waals surface area contributed by atoms with Crippen molar-refractivity contribution >= 4 is 15.9 Å². The number of likely N-dealkylation sites (N-methyl/N-ethyl adjacent to an activating group) is 1. The average Bonchev–Trinajstić information content (AvgIpc) is 2.12. The molecule has 1 aromatic rings. The molecule has 0 amide bonds. The van der Waals surface area contributed by atoms with Crippen molar-refractivity contribution in [3.63, 3.8) is 0 Å². The molecule has 0 aliphatic heterocycles. The quantitative estimate of drug-likeness (QED) is 0.881. The Morgan fingerprint density at radius 2 is 1.94 bits per heavy atom. The number of nitrogens with one attached hydrogen (secondary N) is 1. The fourth-order valence-electron chi connectivity index (χ4n) is 2.03. The normalized spacial score (nSPS) is 13.8. The Labute approximate surface area is 112 Å². The summed E-state index contributed by atoms with van der Waals surface area (Å²) < 4.78 is 14.1. The fourth-order valence-corrected chi connectivity index (χ4v) is 2.54. The number of benzene rings is 1. The smallest absolute Gasteiger partial charge is 0.124 e. The molecule has 96 valence electrons. The summed E-state index contributed by atoms with van der Waals surface area (Å²) in [5.74, 6) is -0.181. The summed E-state index contributed by atoms with van der Waals surface area (Å²) in [6, 6.07) is 5.46. The van der Waals surface area contributed by atoms with Crippen LogP contribution in [0.5, 0.6) is 0 Å². The maximum Gasteiger partial charge on any atom is 0.124 e. The van der Waals surface area contributed by atoms with E-state index in [0.717, 1.165) is 22.9 Å². The van der Waals surface area contributed by atoms with Gasteiger partial charge < -0.3 is 5.32 Å². The van der Waals surface area contributed by atoms with Crippen LogP contribution in [0.3, 0.4) is 0 Å². The second-order valence-corrected chi connectivity index (χ2v) is 6.65. The highest BCUT2D eigenvalue weighted by Gasteiger charge is 2.18. The van der Waals surface area contributed by atoms with E-state index in [1.807, 2.05) is 13.1 Å².